The monoisotopic (exact) mass is 473 g/mol. The Bertz CT molecular complexity index is 1300. The average molecular weight is 474 g/mol. The number of halogens is 3. The molecule has 0 spiro atoms. The number of hydrogen-bond donors (Lipinski definition) is 1. The highest BCUT2D eigenvalue weighted by atomic mass is 79.9. The summed E-state index contributed by atoms with van der Waals surface area (Å²) in [7, 11) is 0. The molecule has 0 bridgehead atoms. The van der Waals surface area contributed by atoms with Crippen molar-refractivity contribution in [2.75, 3.05) is 0 Å². The molecule has 0 saturated heterocycles. The summed E-state index contributed by atoms with van der Waals surface area (Å²) in [4.78, 5) is 24.9. The number of carbonyl (C=O) groups is 1. The number of rotatable bonds is 5. The molecule has 1 amide bonds. The molecule has 4 rings (SSSR count). The normalized spacial score (nSPS) is 11.0. The zero-order valence-electron chi connectivity index (χ0n) is 15.3. The van der Waals surface area contributed by atoms with Crippen molar-refractivity contribution in [3.63, 3.8) is 0 Å². The molecule has 7 nitrogen and oxygen atoms in total. The lowest BCUT2D eigenvalue weighted by molar-refractivity contribution is -0.122. The fraction of sp³-hybridized carbons (Fsp3) is 0.100. The second kappa shape index (κ2) is 8.15. The van der Waals surface area contributed by atoms with Crippen molar-refractivity contribution < 1.29 is 13.6 Å². The highest BCUT2D eigenvalue weighted by Gasteiger charge is 2.13. The molecule has 0 fully saturated rings. The molecular weight excluding hydrogens is 460 g/mol. The van der Waals surface area contributed by atoms with Gasteiger partial charge in [-0.1, -0.05) is 34.1 Å². The van der Waals surface area contributed by atoms with Crippen LogP contribution in [0.4, 0.5) is 8.78 Å². The number of carbonyl (C=O) groups excluding carboxylic acids is 1. The maximum atomic E-state index is 13.7. The first-order valence-corrected chi connectivity index (χ1v) is 9.62. The van der Waals surface area contributed by atoms with Crippen LogP contribution in [0, 0.1) is 11.6 Å². The van der Waals surface area contributed by atoms with Crippen LogP contribution in [0.2, 0.25) is 0 Å². The number of amides is 1. The lowest BCUT2D eigenvalue weighted by Crippen LogP contribution is -2.34. The van der Waals surface area contributed by atoms with Gasteiger partial charge in [0, 0.05) is 28.2 Å². The third-order valence-corrected chi connectivity index (χ3v) is 4.94. The van der Waals surface area contributed by atoms with Gasteiger partial charge in [0.15, 0.2) is 0 Å². The van der Waals surface area contributed by atoms with E-state index >= 15 is 0 Å². The first-order chi connectivity index (χ1) is 14.4. The van der Waals surface area contributed by atoms with Gasteiger partial charge in [0.25, 0.3) is 5.56 Å². The zero-order valence-corrected chi connectivity index (χ0v) is 16.9. The average Bonchev–Trinajstić information content (AvgIpc) is 3.15. The smallest absolute Gasteiger partial charge is 0.293 e. The Morgan fingerprint density at radius 2 is 1.87 bits per heavy atom. The number of aromatic nitrogens is 4. The number of fused-ring (bicyclic) bond motifs is 1. The number of benzene rings is 2. The lowest BCUT2D eigenvalue weighted by Gasteiger charge is -2.07. The minimum Gasteiger partial charge on any atom is -0.350 e. The Kier molecular flexibility index (Phi) is 5.40. The Labute approximate surface area is 177 Å². The molecule has 2 heterocycles. The van der Waals surface area contributed by atoms with Crippen LogP contribution in [0.15, 0.2) is 64.1 Å². The fourth-order valence-corrected chi connectivity index (χ4v) is 3.13. The van der Waals surface area contributed by atoms with Gasteiger partial charge in [0.1, 0.15) is 30.0 Å². The van der Waals surface area contributed by atoms with Crippen LogP contribution in [0.1, 0.15) is 5.56 Å². The molecule has 10 heteroatoms. The van der Waals surface area contributed by atoms with E-state index < -0.39 is 23.1 Å². The second-order valence-corrected chi connectivity index (χ2v) is 7.39. The molecule has 30 heavy (non-hydrogen) atoms. The second-order valence-electron chi connectivity index (χ2n) is 6.47. The van der Waals surface area contributed by atoms with E-state index in [1.807, 2.05) is 24.3 Å². The molecule has 0 aliphatic rings. The molecule has 0 atom stereocenters. The van der Waals surface area contributed by atoms with Gasteiger partial charge in [-0.05, 0) is 24.3 Å². The zero-order chi connectivity index (χ0) is 21.3. The predicted octanol–water partition coefficient (Wildman–Crippen LogP) is 2.92. The van der Waals surface area contributed by atoms with Crippen LogP contribution < -0.4 is 10.9 Å². The Morgan fingerprint density at radius 1 is 1.10 bits per heavy atom. The van der Waals surface area contributed by atoms with E-state index in [0.717, 1.165) is 26.9 Å². The number of hydrogen-bond acceptors (Lipinski definition) is 4. The minimum atomic E-state index is -0.758. The van der Waals surface area contributed by atoms with Crippen molar-refractivity contribution in [2.24, 2.45) is 0 Å². The first kappa shape index (κ1) is 19.9. The van der Waals surface area contributed by atoms with Gasteiger partial charge in [-0.15, -0.1) is 0 Å². The van der Waals surface area contributed by atoms with Gasteiger partial charge >= 0.3 is 0 Å². The van der Waals surface area contributed by atoms with Gasteiger partial charge in [0.2, 0.25) is 5.91 Å². The molecule has 0 aliphatic carbocycles. The molecule has 4 aromatic rings. The largest absolute Gasteiger partial charge is 0.350 e. The van der Waals surface area contributed by atoms with Gasteiger partial charge in [-0.2, -0.15) is 10.2 Å². The molecule has 0 radical (unpaired) electrons. The molecule has 0 aliphatic heterocycles. The summed E-state index contributed by atoms with van der Waals surface area (Å²) in [6.07, 6.45) is 1.34. The van der Waals surface area contributed by atoms with Crippen LogP contribution in [0.25, 0.3) is 16.8 Å². The van der Waals surface area contributed by atoms with E-state index in [9.17, 15) is 18.4 Å². The van der Waals surface area contributed by atoms with E-state index in [0.29, 0.717) is 5.69 Å². The van der Waals surface area contributed by atoms with Crippen molar-refractivity contribution in [2.45, 2.75) is 13.1 Å². The summed E-state index contributed by atoms with van der Waals surface area (Å²) in [6, 6.07) is 12.2. The van der Waals surface area contributed by atoms with Crippen LogP contribution in [-0.4, -0.2) is 25.3 Å². The third-order valence-electron chi connectivity index (χ3n) is 4.41. The van der Waals surface area contributed by atoms with Gasteiger partial charge in [0.05, 0.1) is 5.69 Å². The van der Waals surface area contributed by atoms with Crippen LogP contribution >= 0.6 is 15.9 Å². The summed E-state index contributed by atoms with van der Waals surface area (Å²) in [5.74, 6) is -1.99. The first-order valence-electron chi connectivity index (χ1n) is 8.83. The minimum absolute atomic E-state index is 0.135. The summed E-state index contributed by atoms with van der Waals surface area (Å²) >= 11 is 3.37. The van der Waals surface area contributed by atoms with Gasteiger partial charge < -0.3 is 5.32 Å². The Balaban J connectivity index is 1.51. The topological polar surface area (TPSA) is 81.3 Å². The highest BCUT2D eigenvalue weighted by molar-refractivity contribution is 9.10. The van der Waals surface area contributed by atoms with E-state index in [1.165, 1.54) is 16.9 Å². The SMILES string of the molecule is O=C(Cn1ncn2nc(-c3ccc(Br)cc3)cc2c1=O)NCc1ccc(F)cc1F. The molecule has 2 aromatic carbocycles. The number of nitrogens with zero attached hydrogens (tertiary/aromatic N) is 4. The molecular formula is C20H14BrF2N5O2. The molecule has 2 aromatic heterocycles. The quantitative estimate of drug-likeness (QED) is 0.483. The van der Waals surface area contributed by atoms with Crippen molar-refractivity contribution in [3.8, 4) is 11.3 Å². The van der Waals surface area contributed by atoms with Crippen LogP contribution in [-0.2, 0) is 17.9 Å². The summed E-state index contributed by atoms with van der Waals surface area (Å²) in [5, 5.41) is 10.8. The van der Waals surface area contributed by atoms with Crippen molar-refractivity contribution in [1.29, 1.82) is 0 Å². The van der Waals surface area contributed by atoms with Crippen molar-refractivity contribution >= 4 is 27.4 Å². The van der Waals surface area contributed by atoms with Gasteiger partial charge in [-0.3, -0.25) is 9.59 Å². The number of nitrogens with one attached hydrogen (secondary N) is 1. The molecule has 0 saturated carbocycles. The Morgan fingerprint density at radius 3 is 2.60 bits per heavy atom. The standard InChI is InChI=1S/C20H14BrF2N5O2/c21-14-4-1-12(2-5-14)17-8-18-20(30)27(25-11-28(18)26-17)10-19(29)24-9-13-3-6-15(22)7-16(13)23/h1-8,11H,9-10H2,(H,24,29). The van der Waals surface area contributed by atoms with E-state index in [1.54, 1.807) is 6.07 Å². The lowest BCUT2D eigenvalue weighted by atomic mass is 10.1. The van der Waals surface area contributed by atoms with Gasteiger partial charge in [-0.25, -0.2) is 18.0 Å². The Hall–Kier alpha value is -3.40. The summed E-state index contributed by atoms with van der Waals surface area (Å²) < 4.78 is 29.9. The fourth-order valence-electron chi connectivity index (χ4n) is 2.86. The van der Waals surface area contributed by atoms with E-state index in [4.69, 9.17) is 0 Å². The summed E-state index contributed by atoms with van der Waals surface area (Å²) in [5.41, 5.74) is 1.33. The van der Waals surface area contributed by atoms with E-state index in [2.05, 4.69) is 31.4 Å². The summed E-state index contributed by atoms with van der Waals surface area (Å²) in [6.45, 7) is -0.487. The maximum Gasteiger partial charge on any atom is 0.293 e. The van der Waals surface area contributed by atoms with E-state index in [-0.39, 0.29) is 24.2 Å². The maximum absolute atomic E-state index is 13.7. The molecule has 1 N–H and O–H groups in total. The third kappa shape index (κ3) is 4.13. The molecule has 152 valence electrons. The van der Waals surface area contributed by atoms with Crippen molar-refractivity contribution in [1.82, 2.24) is 24.7 Å². The van der Waals surface area contributed by atoms with Crippen LogP contribution in [0.3, 0.4) is 0 Å². The van der Waals surface area contributed by atoms with Crippen LogP contribution in [0.5, 0.6) is 0 Å². The highest BCUT2D eigenvalue weighted by Crippen LogP contribution is 2.20. The molecule has 0 unspecified atom stereocenters. The predicted molar refractivity (Wildman–Crippen MR) is 109 cm³/mol. The van der Waals surface area contributed by atoms with Crippen molar-refractivity contribution in [3.05, 3.63) is 86.9 Å².